The molecule has 7 heteroatoms. The summed E-state index contributed by atoms with van der Waals surface area (Å²) in [7, 11) is 0. The van der Waals surface area contributed by atoms with Crippen molar-refractivity contribution in [3.8, 4) is 5.75 Å². The summed E-state index contributed by atoms with van der Waals surface area (Å²) in [6.07, 6.45) is 1.32. The van der Waals surface area contributed by atoms with E-state index in [1.165, 1.54) is 24.5 Å². The van der Waals surface area contributed by atoms with Gasteiger partial charge >= 0.3 is 0 Å². The number of phenolic OH excluding ortho intramolecular Hbond substituents is 1. The second kappa shape index (κ2) is 4.86. The van der Waals surface area contributed by atoms with Gasteiger partial charge in [-0.05, 0) is 24.3 Å². The van der Waals surface area contributed by atoms with Gasteiger partial charge in [0, 0.05) is 0 Å². The average molecular weight is 289 g/mol. The van der Waals surface area contributed by atoms with Crippen LogP contribution in [0, 0.1) is 11.6 Å². The second-order valence-electron chi connectivity index (χ2n) is 4.34. The lowest BCUT2D eigenvalue weighted by Gasteiger charge is -2.08. The van der Waals surface area contributed by atoms with Gasteiger partial charge in [-0.3, -0.25) is 4.79 Å². The van der Waals surface area contributed by atoms with E-state index in [0.717, 1.165) is 12.1 Å². The summed E-state index contributed by atoms with van der Waals surface area (Å²) in [5.41, 5.74) is 0.173. The quantitative estimate of drug-likeness (QED) is 0.635. The van der Waals surface area contributed by atoms with Crippen molar-refractivity contribution >= 4 is 22.6 Å². The Balaban J connectivity index is 2.03. The zero-order chi connectivity index (χ0) is 15.0. The Hall–Kier alpha value is -2.96. The normalized spacial score (nSPS) is 10.8. The predicted molar refractivity (Wildman–Crippen MR) is 72.1 cm³/mol. The van der Waals surface area contributed by atoms with Gasteiger partial charge in [-0.2, -0.15) is 0 Å². The Morgan fingerprint density at radius 3 is 2.86 bits per heavy atom. The van der Waals surface area contributed by atoms with Gasteiger partial charge in [-0.15, -0.1) is 0 Å². The van der Waals surface area contributed by atoms with Crippen LogP contribution in [0.25, 0.3) is 11.0 Å². The molecule has 0 saturated heterocycles. The highest BCUT2D eigenvalue weighted by Gasteiger charge is 2.17. The minimum absolute atomic E-state index is 0.0612. The molecule has 0 aliphatic heterocycles. The molecule has 0 atom stereocenters. The number of benzene rings is 2. The van der Waals surface area contributed by atoms with Crippen LogP contribution in [0.2, 0.25) is 0 Å². The zero-order valence-corrected chi connectivity index (χ0v) is 10.5. The van der Waals surface area contributed by atoms with Crippen molar-refractivity contribution in [2.45, 2.75) is 0 Å². The van der Waals surface area contributed by atoms with Gasteiger partial charge in [0.1, 0.15) is 22.8 Å². The Bertz CT molecular complexity index is 825. The fraction of sp³-hybridized carbons (Fsp3) is 0. The number of carbonyl (C=O) groups is 1. The third-order valence-corrected chi connectivity index (χ3v) is 2.96. The number of anilines is 1. The van der Waals surface area contributed by atoms with Gasteiger partial charge in [0.2, 0.25) is 0 Å². The first-order chi connectivity index (χ1) is 10.1. The maximum Gasteiger partial charge on any atom is 0.258 e. The number of halogens is 2. The number of aromatic nitrogens is 2. The summed E-state index contributed by atoms with van der Waals surface area (Å²) < 4.78 is 27.1. The summed E-state index contributed by atoms with van der Waals surface area (Å²) in [4.78, 5) is 18.8. The second-order valence-corrected chi connectivity index (χ2v) is 4.34. The molecule has 3 N–H and O–H groups in total. The minimum Gasteiger partial charge on any atom is -0.506 e. The lowest BCUT2D eigenvalue weighted by Crippen LogP contribution is -2.14. The molecule has 3 aromatic rings. The number of para-hydroxylation sites is 1. The molecule has 1 aromatic heterocycles. The number of amides is 1. The van der Waals surface area contributed by atoms with Crippen molar-refractivity contribution in [2.24, 2.45) is 0 Å². The lowest BCUT2D eigenvalue weighted by atomic mass is 10.1. The fourth-order valence-corrected chi connectivity index (χ4v) is 2.01. The summed E-state index contributed by atoms with van der Waals surface area (Å²) in [6.45, 7) is 0. The molecule has 0 unspecified atom stereocenters. The molecule has 3 rings (SSSR count). The van der Waals surface area contributed by atoms with Crippen LogP contribution in [0.3, 0.4) is 0 Å². The highest BCUT2D eigenvalue weighted by molar-refractivity contribution is 6.11. The first-order valence-corrected chi connectivity index (χ1v) is 5.97. The van der Waals surface area contributed by atoms with Crippen LogP contribution in [-0.4, -0.2) is 21.0 Å². The smallest absolute Gasteiger partial charge is 0.258 e. The van der Waals surface area contributed by atoms with Crippen molar-refractivity contribution in [2.75, 3.05) is 5.32 Å². The van der Waals surface area contributed by atoms with Gasteiger partial charge in [0.05, 0.1) is 17.4 Å². The third kappa shape index (κ3) is 2.29. The van der Waals surface area contributed by atoms with Crippen LogP contribution in [-0.2, 0) is 0 Å². The van der Waals surface area contributed by atoms with E-state index in [0.29, 0.717) is 5.52 Å². The molecule has 0 saturated carbocycles. The average Bonchev–Trinajstić information content (AvgIpc) is 2.90. The van der Waals surface area contributed by atoms with E-state index in [1.807, 2.05) is 0 Å². The number of hydrogen-bond acceptors (Lipinski definition) is 3. The summed E-state index contributed by atoms with van der Waals surface area (Å²) in [6, 6.07) is 5.81. The van der Waals surface area contributed by atoms with Crippen LogP contribution < -0.4 is 5.32 Å². The van der Waals surface area contributed by atoms with Crippen molar-refractivity contribution in [3.05, 3.63) is 53.9 Å². The number of aromatic hydroxyl groups is 1. The van der Waals surface area contributed by atoms with Crippen LogP contribution in [0.5, 0.6) is 5.75 Å². The topological polar surface area (TPSA) is 78.0 Å². The van der Waals surface area contributed by atoms with Crippen LogP contribution in [0.4, 0.5) is 14.5 Å². The molecular weight excluding hydrogens is 280 g/mol. The minimum atomic E-state index is -0.793. The SMILES string of the molecule is O=C(Nc1c(O)cccc1F)c1cc(F)cc2[nH]cnc12. The Morgan fingerprint density at radius 2 is 2.10 bits per heavy atom. The number of carbonyl (C=O) groups excluding carboxylic acids is 1. The van der Waals surface area contributed by atoms with Crippen molar-refractivity contribution in [1.29, 1.82) is 0 Å². The van der Waals surface area contributed by atoms with Gasteiger partial charge in [-0.1, -0.05) is 6.07 Å². The number of imidazole rings is 1. The Kier molecular flexibility index (Phi) is 3.02. The van der Waals surface area contributed by atoms with Crippen molar-refractivity contribution in [3.63, 3.8) is 0 Å². The highest BCUT2D eigenvalue weighted by atomic mass is 19.1. The number of aromatic amines is 1. The van der Waals surface area contributed by atoms with E-state index in [-0.39, 0.29) is 16.8 Å². The Labute approximate surface area is 117 Å². The number of phenols is 1. The largest absolute Gasteiger partial charge is 0.506 e. The molecular formula is C14H9F2N3O2. The van der Waals surface area contributed by atoms with E-state index in [9.17, 15) is 18.7 Å². The molecule has 21 heavy (non-hydrogen) atoms. The van der Waals surface area contributed by atoms with Crippen LogP contribution >= 0.6 is 0 Å². The number of H-pyrrole nitrogens is 1. The first-order valence-electron chi connectivity index (χ1n) is 5.97. The van der Waals surface area contributed by atoms with E-state index >= 15 is 0 Å². The lowest BCUT2D eigenvalue weighted by molar-refractivity contribution is 0.102. The molecule has 0 radical (unpaired) electrons. The molecule has 106 valence electrons. The zero-order valence-electron chi connectivity index (χ0n) is 10.5. The molecule has 1 heterocycles. The number of fused-ring (bicyclic) bond motifs is 1. The molecule has 0 bridgehead atoms. The van der Waals surface area contributed by atoms with Crippen molar-refractivity contribution < 1.29 is 18.7 Å². The standard InChI is InChI=1S/C14H9F2N3O2/c15-7-4-8(12-10(5-7)17-6-18-12)14(21)19-13-9(16)2-1-3-11(13)20/h1-6,20H,(H,17,18)(H,19,21). The summed E-state index contributed by atoms with van der Waals surface area (Å²) in [5.74, 6) is -2.61. The Morgan fingerprint density at radius 1 is 1.29 bits per heavy atom. The predicted octanol–water partition coefficient (Wildman–Crippen LogP) is 2.80. The van der Waals surface area contributed by atoms with Crippen molar-refractivity contribution in [1.82, 2.24) is 9.97 Å². The molecule has 0 aliphatic rings. The molecule has 1 amide bonds. The van der Waals surface area contributed by atoms with Gasteiger partial charge in [-0.25, -0.2) is 13.8 Å². The van der Waals surface area contributed by atoms with E-state index in [2.05, 4.69) is 15.3 Å². The number of nitrogens with one attached hydrogen (secondary N) is 2. The molecule has 0 spiro atoms. The van der Waals surface area contributed by atoms with Crippen LogP contribution in [0.15, 0.2) is 36.7 Å². The third-order valence-electron chi connectivity index (χ3n) is 2.96. The molecule has 0 fully saturated rings. The van der Waals surface area contributed by atoms with E-state index in [4.69, 9.17) is 0 Å². The maximum atomic E-state index is 13.6. The number of hydrogen-bond donors (Lipinski definition) is 3. The first kappa shape index (κ1) is 13.0. The van der Waals surface area contributed by atoms with Crippen LogP contribution in [0.1, 0.15) is 10.4 Å². The summed E-state index contributed by atoms with van der Waals surface area (Å²) in [5, 5.41) is 11.8. The molecule has 0 aliphatic carbocycles. The van der Waals surface area contributed by atoms with Gasteiger partial charge in [0.15, 0.2) is 5.82 Å². The highest BCUT2D eigenvalue weighted by Crippen LogP contribution is 2.27. The summed E-state index contributed by atoms with van der Waals surface area (Å²) >= 11 is 0. The number of rotatable bonds is 2. The van der Waals surface area contributed by atoms with E-state index < -0.39 is 23.3 Å². The van der Waals surface area contributed by atoms with Gasteiger partial charge < -0.3 is 15.4 Å². The molecule has 2 aromatic carbocycles. The number of nitrogens with zero attached hydrogens (tertiary/aromatic N) is 1. The molecule has 5 nitrogen and oxygen atoms in total. The van der Waals surface area contributed by atoms with Gasteiger partial charge in [0.25, 0.3) is 5.91 Å². The van der Waals surface area contributed by atoms with E-state index in [1.54, 1.807) is 0 Å². The monoisotopic (exact) mass is 289 g/mol. The maximum absolute atomic E-state index is 13.6. The fourth-order valence-electron chi connectivity index (χ4n) is 2.01.